The van der Waals surface area contributed by atoms with Gasteiger partial charge in [-0.15, -0.1) is 0 Å². The van der Waals surface area contributed by atoms with Gasteiger partial charge in [0.15, 0.2) is 0 Å². The van der Waals surface area contributed by atoms with Crippen LogP contribution in [0, 0.1) is 0 Å². The van der Waals surface area contributed by atoms with E-state index < -0.39 is 0 Å². The predicted octanol–water partition coefficient (Wildman–Crippen LogP) is 8.10. The highest BCUT2D eigenvalue weighted by Crippen LogP contribution is 2.15. The van der Waals surface area contributed by atoms with E-state index in [-0.39, 0.29) is 0 Å². The van der Waals surface area contributed by atoms with E-state index in [1.807, 2.05) is 0 Å². The molecule has 0 aliphatic carbocycles. The SMILES string of the molecule is CCCCCCCCCCCCN(CCCCCCCCCCCC)c1ncnc(N)n1. The molecule has 0 aliphatic rings. The first-order valence-corrected chi connectivity index (χ1v) is 14.0. The smallest absolute Gasteiger partial charge is 0.230 e. The van der Waals surface area contributed by atoms with E-state index in [1.54, 1.807) is 6.33 Å². The summed E-state index contributed by atoms with van der Waals surface area (Å²) < 4.78 is 0. The van der Waals surface area contributed by atoms with Crippen LogP contribution in [-0.4, -0.2) is 28.0 Å². The molecule has 0 radical (unpaired) electrons. The van der Waals surface area contributed by atoms with Crippen molar-refractivity contribution in [1.82, 2.24) is 15.0 Å². The van der Waals surface area contributed by atoms with Crippen molar-refractivity contribution in [3.8, 4) is 0 Å². The molecular weight excluding hydrogens is 394 g/mol. The Morgan fingerprint density at radius 2 is 0.938 bits per heavy atom. The van der Waals surface area contributed by atoms with Crippen LogP contribution in [0.1, 0.15) is 142 Å². The highest BCUT2D eigenvalue weighted by molar-refractivity contribution is 5.32. The van der Waals surface area contributed by atoms with Gasteiger partial charge in [0.2, 0.25) is 11.9 Å². The Labute approximate surface area is 199 Å². The monoisotopic (exact) mass is 447 g/mol. The molecule has 5 heteroatoms. The third kappa shape index (κ3) is 16.3. The van der Waals surface area contributed by atoms with Crippen molar-refractivity contribution < 1.29 is 0 Å². The van der Waals surface area contributed by atoms with Gasteiger partial charge in [-0.3, -0.25) is 0 Å². The van der Waals surface area contributed by atoms with Crippen molar-refractivity contribution in [1.29, 1.82) is 0 Å². The van der Waals surface area contributed by atoms with Crippen molar-refractivity contribution in [3.63, 3.8) is 0 Å². The molecule has 0 bridgehead atoms. The van der Waals surface area contributed by atoms with Crippen molar-refractivity contribution in [3.05, 3.63) is 6.33 Å². The van der Waals surface area contributed by atoms with Gasteiger partial charge in [0.05, 0.1) is 0 Å². The highest BCUT2D eigenvalue weighted by Gasteiger charge is 2.10. The molecule has 2 N–H and O–H groups in total. The number of aromatic nitrogens is 3. The minimum atomic E-state index is 0.325. The minimum Gasteiger partial charge on any atom is -0.368 e. The molecule has 0 unspecified atom stereocenters. The normalized spacial score (nSPS) is 11.2. The number of anilines is 2. The van der Waals surface area contributed by atoms with E-state index in [0.29, 0.717) is 5.95 Å². The van der Waals surface area contributed by atoms with Gasteiger partial charge in [0.25, 0.3) is 0 Å². The van der Waals surface area contributed by atoms with Crippen molar-refractivity contribution in [2.75, 3.05) is 23.7 Å². The first-order valence-electron chi connectivity index (χ1n) is 14.0. The summed E-state index contributed by atoms with van der Waals surface area (Å²) in [5.74, 6) is 1.08. The van der Waals surface area contributed by atoms with E-state index in [2.05, 4.69) is 33.7 Å². The van der Waals surface area contributed by atoms with Gasteiger partial charge in [-0.1, -0.05) is 129 Å². The Hall–Kier alpha value is -1.39. The standard InChI is InChI=1S/C27H53N5/c1-3-5-7-9-11-13-15-17-19-21-23-32(27-30-25-29-26(28)31-27)24-22-20-18-16-14-12-10-8-6-4-2/h25H,3-24H2,1-2H3,(H2,28,29,30,31). The minimum absolute atomic E-state index is 0.325. The molecule has 0 aliphatic heterocycles. The number of hydrogen-bond acceptors (Lipinski definition) is 5. The van der Waals surface area contributed by atoms with E-state index >= 15 is 0 Å². The average Bonchev–Trinajstić information content (AvgIpc) is 2.80. The second-order valence-corrected chi connectivity index (χ2v) is 9.49. The largest absolute Gasteiger partial charge is 0.368 e. The molecule has 5 nitrogen and oxygen atoms in total. The fraction of sp³-hybridized carbons (Fsp3) is 0.889. The zero-order valence-electron chi connectivity index (χ0n) is 21.5. The van der Waals surface area contributed by atoms with E-state index in [1.165, 1.54) is 128 Å². The van der Waals surface area contributed by atoms with E-state index in [0.717, 1.165) is 19.0 Å². The summed E-state index contributed by atoms with van der Waals surface area (Å²) >= 11 is 0. The lowest BCUT2D eigenvalue weighted by Crippen LogP contribution is -2.28. The first kappa shape index (κ1) is 28.6. The van der Waals surface area contributed by atoms with Gasteiger partial charge in [0, 0.05) is 13.1 Å². The molecule has 186 valence electrons. The van der Waals surface area contributed by atoms with Crippen LogP contribution < -0.4 is 10.6 Å². The number of nitrogens with two attached hydrogens (primary N) is 1. The van der Waals surface area contributed by atoms with E-state index in [9.17, 15) is 0 Å². The summed E-state index contributed by atoms with van der Waals surface area (Å²) in [5.41, 5.74) is 5.81. The van der Waals surface area contributed by atoms with Gasteiger partial charge in [-0.25, -0.2) is 9.97 Å². The zero-order valence-corrected chi connectivity index (χ0v) is 21.5. The molecule has 1 rings (SSSR count). The first-order chi connectivity index (χ1) is 15.8. The second kappa shape index (κ2) is 21.5. The third-order valence-electron chi connectivity index (χ3n) is 6.42. The summed E-state index contributed by atoms with van der Waals surface area (Å²) in [6.07, 6.45) is 28.8. The maximum absolute atomic E-state index is 5.81. The summed E-state index contributed by atoms with van der Waals surface area (Å²) in [7, 11) is 0. The van der Waals surface area contributed by atoms with Crippen LogP contribution in [-0.2, 0) is 0 Å². The molecule has 0 saturated carbocycles. The second-order valence-electron chi connectivity index (χ2n) is 9.49. The zero-order chi connectivity index (χ0) is 23.1. The van der Waals surface area contributed by atoms with Crippen molar-refractivity contribution in [2.45, 2.75) is 142 Å². The molecular formula is C27H53N5. The number of hydrogen-bond donors (Lipinski definition) is 1. The van der Waals surface area contributed by atoms with Gasteiger partial charge in [0.1, 0.15) is 6.33 Å². The Morgan fingerprint density at radius 3 is 1.31 bits per heavy atom. The molecule has 1 aromatic rings. The molecule has 0 aromatic carbocycles. The quantitative estimate of drug-likeness (QED) is 0.172. The Kier molecular flexibility index (Phi) is 19.2. The summed E-state index contributed by atoms with van der Waals surface area (Å²) in [5, 5.41) is 0. The molecule has 0 fully saturated rings. The highest BCUT2D eigenvalue weighted by atomic mass is 15.3. The van der Waals surface area contributed by atoms with Gasteiger partial charge < -0.3 is 10.6 Å². The van der Waals surface area contributed by atoms with Gasteiger partial charge in [-0.2, -0.15) is 4.98 Å². The summed E-state index contributed by atoms with van der Waals surface area (Å²) in [6, 6.07) is 0. The number of rotatable bonds is 23. The number of unbranched alkanes of at least 4 members (excludes halogenated alkanes) is 18. The van der Waals surface area contributed by atoms with Crippen LogP contribution in [0.15, 0.2) is 6.33 Å². The van der Waals surface area contributed by atoms with Crippen LogP contribution in [0.3, 0.4) is 0 Å². The third-order valence-corrected chi connectivity index (χ3v) is 6.42. The lowest BCUT2D eigenvalue weighted by molar-refractivity contribution is 0.541. The molecule has 0 atom stereocenters. The van der Waals surface area contributed by atoms with Crippen LogP contribution in [0.4, 0.5) is 11.9 Å². The number of nitrogens with zero attached hydrogens (tertiary/aromatic N) is 4. The molecule has 32 heavy (non-hydrogen) atoms. The molecule has 1 aromatic heterocycles. The van der Waals surface area contributed by atoms with Crippen molar-refractivity contribution in [2.24, 2.45) is 0 Å². The van der Waals surface area contributed by atoms with Crippen LogP contribution in [0.2, 0.25) is 0 Å². The fourth-order valence-corrected chi connectivity index (χ4v) is 4.34. The predicted molar refractivity (Wildman–Crippen MR) is 140 cm³/mol. The average molecular weight is 448 g/mol. The topological polar surface area (TPSA) is 67.9 Å². The lowest BCUT2D eigenvalue weighted by Gasteiger charge is -2.22. The Bertz CT molecular complexity index is 499. The fourth-order valence-electron chi connectivity index (χ4n) is 4.34. The Morgan fingerprint density at radius 1 is 0.562 bits per heavy atom. The number of nitrogen functional groups attached to an aromatic ring is 1. The maximum Gasteiger partial charge on any atom is 0.230 e. The van der Waals surface area contributed by atoms with Crippen molar-refractivity contribution >= 4 is 11.9 Å². The lowest BCUT2D eigenvalue weighted by atomic mass is 10.1. The summed E-state index contributed by atoms with van der Waals surface area (Å²) in [6.45, 7) is 6.62. The van der Waals surface area contributed by atoms with E-state index in [4.69, 9.17) is 5.73 Å². The molecule has 0 amide bonds. The van der Waals surface area contributed by atoms with Crippen LogP contribution in [0.25, 0.3) is 0 Å². The molecule has 0 saturated heterocycles. The maximum atomic E-state index is 5.81. The van der Waals surface area contributed by atoms with Crippen LogP contribution >= 0.6 is 0 Å². The summed E-state index contributed by atoms with van der Waals surface area (Å²) in [4.78, 5) is 15.1. The van der Waals surface area contributed by atoms with Gasteiger partial charge >= 0.3 is 0 Å². The Balaban J connectivity index is 2.17. The molecule has 1 heterocycles. The van der Waals surface area contributed by atoms with Crippen LogP contribution in [0.5, 0.6) is 0 Å². The van der Waals surface area contributed by atoms with Gasteiger partial charge in [-0.05, 0) is 12.8 Å². The molecule has 0 spiro atoms.